The molecular weight excluding hydrogens is 1040 g/mol. The first-order valence-corrected chi connectivity index (χ1v) is 28.5. The van der Waals surface area contributed by atoms with E-state index in [1.807, 2.05) is 73.3 Å². The largest absolute Gasteiger partial charge is 0.307 e. The summed E-state index contributed by atoms with van der Waals surface area (Å²) in [6, 6.07) is 88.4. The highest BCUT2D eigenvalue weighted by molar-refractivity contribution is 6.17. The maximum absolute atomic E-state index is 12.9. The Balaban J connectivity index is 1.11. The van der Waals surface area contributed by atoms with Crippen LogP contribution >= 0.6 is 0 Å². The summed E-state index contributed by atoms with van der Waals surface area (Å²) in [6.45, 7) is 2.27. The van der Waals surface area contributed by atoms with Crippen LogP contribution in [0.4, 0.5) is 0 Å². The van der Waals surface area contributed by atoms with Crippen molar-refractivity contribution in [3.63, 3.8) is 0 Å². The third-order valence-corrected chi connectivity index (χ3v) is 17.2. The molecule has 0 N–H and O–H groups in total. The van der Waals surface area contributed by atoms with Crippen LogP contribution in [0.15, 0.2) is 267 Å². The van der Waals surface area contributed by atoms with Gasteiger partial charge in [-0.15, -0.1) is 0 Å². The lowest BCUT2D eigenvalue weighted by Crippen LogP contribution is -2.16. The number of hydrogen-bond acceptors (Lipinski definition) is 5. The van der Waals surface area contributed by atoms with Crippen molar-refractivity contribution in [2.24, 2.45) is 0 Å². The predicted molar refractivity (Wildman–Crippen MR) is 346 cm³/mol. The van der Waals surface area contributed by atoms with Gasteiger partial charge in [-0.05, 0) is 128 Å². The zero-order chi connectivity index (χ0) is 56.3. The molecule has 8 aromatic heterocycles. The van der Waals surface area contributed by atoms with Crippen molar-refractivity contribution >= 4 is 87.2 Å². The van der Waals surface area contributed by atoms with Gasteiger partial charge in [0.1, 0.15) is 11.6 Å². The molecular formula is C76H47N9. The maximum Gasteiger partial charge on any atom is 0.104 e. The number of nitriles is 1. The number of nitrogens with zero attached hydrogens (tertiary/aromatic N) is 9. The van der Waals surface area contributed by atoms with Crippen molar-refractivity contribution in [1.82, 2.24) is 38.2 Å². The van der Waals surface area contributed by atoms with E-state index in [9.17, 15) is 5.26 Å². The van der Waals surface area contributed by atoms with Crippen LogP contribution in [0.25, 0.3) is 155 Å². The summed E-state index contributed by atoms with van der Waals surface area (Å²) in [7, 11) is 0. The Labute approximate surface area is 487 Å². The Morgan fingerprint density at radius 1 is 0.271 bits per heavy atom. The minimum Gasteiger partial charge on any atom is -0.307 e. The number of benzene rings is 9. The molecule has 0 aliphatic heterocycles. The van der Waals surface area contributed by atoms with E-state index in [4.69, 9.17) is 19.9 Å². The van der Waals surface area contributed by atoms with E-state index < -0.39 is 0 Å². The Morgan fingerprint density at radius 3 is 0.776 bits per heavy atom. The molecule has 0 atom stereocenters. The smallest absolute Gasteiger partial charge is 0.104 e. The fourth-order valence-corrected chi connectivity index (χ4v) is 13.5. The normalized spacial score (nSPS) is 11.8. The first kappa shape index (κ1) is 48.0. The average Bonchev–Trinajstić information content (AvgIpc) is 2.45. The summed E-state index contributed by atoms with van der Waals surface area (Å²) >= 11 is 0. The molecule has 0 saturated carbocycles. The zero-order valence-corrected chi connectivity index (χ0v) is 45.9. The van der Waals surface area contributed by atoms with Crippen LogP contribution < -0.4 is 0 Å². The van der Waals surface area contributed by atoms with Crippen LogP contribution in [-0.2, 0) is 0 Å². The van der Waals surface area contributed by atoms with Crippen LogP contribution in [-0.4, -0.2) is 38.2 Å². The van der Waals surface area contributed by atoms with Gasteiger partial charge in [0.2, 0.25) is 0 Å². The van der Waals surface area contributed by atoms with Gasteiger partial charge in [0.25, 0.3) is 0 Å². The second-order valence-corrected chi connectivity index (χ2v) is 21.7. The van der Waals surface area contributed by atoms with E-state index in [2.05, 4.69) is 225 Å². The zero-order valence-electron chi connectivity index (χ0n) is 45.9. The molecule has 9 heteroatoms. The minimum atomic E-state index is 0.504. The minimum absolute atomic E-state index is 0.504. The highest BCUT2D eigenvalue weighted by Gasteiger charge is 2.33. The van der Waals surface area contributed by atoms with Gasteiger partial charge in [-0.25, -0.2) is 0 Å². The van der Waals surface area contributed by atoms with E-state index in [-0.39, 0.29) is 0 Å². The van der Waals surface area contributed by atoms with Gasteiger partial charge in [-0.3, -0.25) is 19.9 Å². The lowest BCUT2D eigenvalue weighted by molar-refractivity contribution is 1.01. The summed E-state index contributed by atoms with van der Waals surface area (Å²) in [6.07, 6.45) is 7.39. The molecule has 396 valence electrons. The summed E-state index contributed by atoms with van der Waals surface area (Å²) < 4.78 is 9.57. The molecule has 17 rings (SSSR count). The van der Waals surface area contributed by atoms with Crippen molar-refractivity contribution in [2.75, 3.05) is 0 Å². The quantitative estimate of drug-likeness (QED) is 0.151. The third-order valence-electron chi connectivity index (χ3n) is 17.2. The van der Waals surface area contributed by atoms with Gasteiger partial charge in [0, 0.05) is 95.7 Å². The van der Waals surface area contributed by atoms with Crippen molar-refractivity contribution < 1.29 is 0 Å². The summed E-state index contributed by atoms with van der Waals surface area (Å²) in [5.41, 5.74) is 20.0. The van der Waals surface area contributed by atoms with Crippen LogP contribution in [0.1, 0.15) is 11.1 Å². The molecule has 0 bridgehead atoms. The van der Waals surface area contributed by atoms with E-state index in [0.717, 1.165) is 161 Å². The van der Waals surface area contributed by atoms with E-state index in [0.29, 0.717) is 5.56 Å². The van der Waals surface area contributed by atoms with E-state index in [1.165, 1.54) is 0 Å². The van der Waals surface area contributed by atoms with Gasteiger partial charge < -0.3 is 18.3 Å². The van der Waals surface area contributed by atoms with Crippen LogP contribution in [0.5, 0.6) is 0 Å². The Kier molecular flexibility index (Phi) is 10.7. The molecule has 0 unspecified atom stereocenters. The van der Waals surface area contributed by atoms with Gasteiger partial charge in [-0.2, -0.15) is 5.26 Å². The lowest BCUT2D eigenvalue weighted by atomic mass is 9.99. The van der Waals surface area contributed by atoms with Crippen LogP contribution in [0.2, 0.25) is 0 Å². The summed E-state index contributed by atoms with van der Waals surface area (Å²) in [5, 5.41) is 21.4. The van der Waals surface area contributed by atoms with Crippen LogP contribution in [0.3, 0.4) is 0 Å². The Morgan fingerprint density at radius 2 is 0.518 bits per heavy atom. The van der Waals surface area contributed by atoms with Crippen molar-refractivity contribution in [1.29, 1.82) is 5.26 Å². The van der Waals surface area contributed by atoms with E-state index >= 15 is 0 Å². The topological polar surface area (TPSA) is 95.1 Å². The molecule has 0 fully saturated rings. The van der Waals surface area contributed by atoms with Crippen molar-refractivity contribution in [3.05, 3.63) is 279 Å². The molecule has 8 heterocycles. The number of aromatic nitrogens is 8. The average molecular weight is 1090 g/mol. The fourth-order valence-electron chi connectivity index (χ4n) is 13.5. The highest BCUT2D eigenvalue weighted by Crippen LogP contribution is 2.50. The first-order chi connectivity index (χ1) is 42.1. The second-order valence-electron chi connectivity index (χ2n) is 21.7. The molecule has 0 saturated heterocycles. The molecule has 0 aliphatic rings. The number of para-hydroxylation sites is 4. The molecule has 0 aliphatic carbocycles. The van der Waals surface area contributed by atoms with Crippen molar-refractivity contribution in [3.8, 4) is 73.8 Å². The maximum atomic E-state index is 12.9. The summed E-state index contributed by atoms with van der Waals surface area (Å²) in [5.74, 6) is 0. The molecule has 9 nitrogen and oxygen atoms in total. The molecule has 85 heavy (non-hydrogen) atoms. The lowest BCUT2D eigenvalue weighted by Gasteiger charge is -2.28. The first-order valence-electron chi connectivity index (χ1n) is 28.5. The third kappa shape index (κ3) is 7.22. The van der Waals surface area contributed by atoms with Gasteiger partial charge in [0.05, 0.1) is 89.7 Å². The number of rotatable bonds is 8. The number of hydrogen-bond donors (Lipinski definition) is 0. The van der Waals surface area contributed by atoms with Gasteiger partial charge in [-0.1, -0.05) is 121 Å². The van der Waals surface area contributed by atoms with E-state index in [1.54, 1.807) is 0 Å². The fraction of sp³-hybridized carbons (Fsp3) is 0.0132. The monoisotopic (exact) mass is 1090 g/mol. The highest BCUT2D eigenvalue weighted by atomic mass is 15.1. The van der Waals surface area contributed by atoms with Crippen LogP contribution in [0, 0.1) is 18.3 Å². The molecule has 9 aromatic carbocycles. The second kappa shape index (κ2) is 18.9. The number of fused-ring (bicyclic) bond motifs is 12. The molecule has 0 amide bonds. The summed E-state index contributed by atoms with van der Waals surface area (Å²) in [4.78, 5) is 19.4. The number of pyridine rings is 4. The molecule has 17 aromatic rings. The standard InChI is InChI=1S/C76H47N9/c1-47-73(82-69-34-30-48(61-22-10-14-38-78-61)42-56(69)57-43-49(31-35-70(57)82)62-23-11-15-39-79-62)75(84-65-26-6-2-18-52(65)53-19-3-7-27-66(53)84)60(46-77)76(85-67-28-8-4-20-54(67)55-21-5-9-29-68(55)85)74(47)83-71-36-32-50(63-24-12-16-40-80-63)44-58(71)59-45-51(33-37-72(59)83)64-25-13-17-41-81-64/h2-45H,1H3. The predicted octanol–water partition coefficient (Wildman–Crippen LogP) is 18.5. The Hall–Kier alpha value is -11.7. The van der Waals surface area contributed by atoms with Crippen molar-refractivity contribution in [2.45, 2.75) is 6.92 Å². The van der Waals surface area contributed by atoms with Gasteiger partial charge >= 0.3 is 0 Å². The molecule has 0 spiro atoms. The SMILES string of the molecule is Cc1c(-n2c3ccc(-c4ccccn4)cc3c3cc(-c4ccccn4)ccc32)c(-n2c3ccccc3c3ccccc32)c(C#N)c(-n2c3ccccc3c3ccccc32)c1-n1c2ccc(-c3ccccn3)cc2c2cc(-c3ccccn3)ccc21. The Bertz CT molecular complexity index is 4970. The van der Waals surface area contributed by atoms with Gasteiger partial charge in [0.15, 0.2) is 0 Å². The molecule has 0 radical (unpaired) electrons.